The van der Waals surface area contributed by atoms with Gasteiger partial charge in [-0.15, -0.1) is 0 Å². The Morgan fingerprint density at radius 3 is 1.93 bits per heavy atom. The molecule has 160 valence electrons. The standard InChI is InChI=1S/C26H38O3/c1-8-20(6)22-9-11-23(12-10-22)29-21(7)27-15-16-28-24-13-14-25(18(2)3)26(17-24)19(4)5/h9-14,17-21H,8,15-16H2,1-7H3. The fourth-order valence-electron chi connectivity index (χ4n) is 3.38. The lowest BCUT2D eigenvalue weighted by atomic mass is 9.90. The Balaban J connectivity index is 1.79. The normalized spacial score (nSPS) is 13.6. The molecule has 0 spiro atoms. The van der Waals surface area contributed by atoms with Gasteiger partial charge in [-0.2, -0.15) is 0 Å². The Bertz CT molecular complexity index is 734. The summed E-state index contributed by atoms with van der Waals surface area (Å²) >= 11 is 0. The molecule has 0 aliphatic heterocycles. The van der Waals surface area contributed by atoms with Gasteiger partial charge < -0.3 is 14.2 Å². The number of rotatable bonds is 11. The van der Waals surface area contributed by atoms with E-state index in [0.717, 1.165) is 17.9 Å². The number of hydrogen-bond acceptors (Lipinski definition) is 3. The molecule has 2 atom stereocenters. The molecule has 0 aliphatic rings. The minimum Gasteiger partial charge on any atom is -0.491 e. The Hall–Kier alpha value is -2.00. The maximum absolute atomic E-state index is 5.91. The zero-order chi connectivity index (χ0) is 21.4. The third kappa shape index (κ3) is 7.08. The van der Waals surface area contributed by atoms with E-state index in [9.17, 15) is 0 Å². The van der Waals surface area contributed by atoms with E-state index in [1.54, 1.807) is 0 Å². The van der Waals surface area contributed by atoms with Gasteiger partial charge in [0.05, 0.1) is 6.61 Å². The topological polar surface area (TPSA) is 27.7 Å². The van der Waals surface area contributed by atoms with Gasteiger partial charge >= 0.3 is 0 Å². The van der Waals surface area contributed by atoms with Crippen LogP contribution in [0.25, 0.3) is 0 Å². The Labute approximate surface area is 177 Å². The summed E-state index contributed by atoms with van der Waals surface area (Å²) in [5, 5.41) is 0. The van der Waals surface area contributed by atoms with Gasteiger partial charge in [0.25, 0.3) is 0 Å². The first kappa shape index (κ1) is 23.3. The molecule has 0 aliphatic carbocycles. The van der Waals surface area contributed by atoms with E-state index in [4.69, 9.17) is 14.2 Å². The van der Waals surface area contributed by atoms with Crippen molar-refractivity contribution in [2.24, 2.45) is 0 Å². The molecule has 0 bridgehead atoms. The predicted molar refractivity (Wildman–Crippen MR) is 121 cm³/mol. The number of ether oxygens (including phenoxy) is 3. The Kier molecular flexibility index (Phi) is 9.03. The van der Waals surface area contributed by atoms with E-state index in [1.165, 1.54) is 16.7 Å². The first-order chi connectivity index (χ1) is 13.8. The van der Waals surface area contributed by atoms with Gasteiger partial charge in [-0.05, 0) is 72.1 Å². The van der Waals surface area contributed by atoms with Crippen molar-refractivity contribution in [3.8, 4) is 11.5 Å². The number of benzene rings is 2. The van der Waals surface area contributed by atoms with Crippen molar-refractivity contribution in [1.82, 2.24) is 0 Å². The molecule has 2 aromatic carbocycles. The van der Waals surface area contributed by atoms with Gasteiger partial charge in [0.15, 0.2) is 6.29 Å². The summed E-state index contributed by atoms with van der Waals surface area (Å²) in [6, 6.07) is 14.7. The molecule has 2 rings (SSSR count). The molecular formula is C26H38O3. The van der Waals surface area contributed by atoms with Gasteiger partial charge in [0.2, 0.25) is 0 Å². The highest BCUT2D eigenvalue weighted by Gasteiger charge is 2.12. The zero-order valence-corrected chi connectivity index (χ0v) is 19.2. The largest absolute Gasteiger partial charge is 0.491 e. The highest BCUT2D eigenvalue weighted by molar-refractivity contribution is 5.39. The zero-order valence-electron chi connectivity index (χ0n) is 19.2. The van der Waals surface area contributed by atoms with Crippen molar-refractivity contribution in [3.05, 3.63) is 59.2 Å². The van der Waals surface area contributed by atoms with E-state index in [-0.39, 0.29) is 6.29 Å². The Morgan fingerprint density at radius 1 is 0.724 bits per heavy atom. The molecule has 0 aromatic heterocycles. The van der Waals surface area contributed by atoms with Gasteiger partial charge in [-0.25, -0.2) is 0 Å². The molecule has 2 aromatic rings. The molecule has 2 unspecified atom stereocenters. The second-order valence-electron chi connectivity index (χ2n) is 8.38. The fourth-order valence-corrected chi connectivity index (χ4v) is 3.38. The quantitative estimate of drug-likeness (QED) is 0.294. The molecule has 0 N–H and O–H groups in total. The maximum atomic E-state index is 5.91. The minimum absolute atomic E-state index is 0.317. The predicted octanol–water partition coefficient (Wildman–Crippen LogP) is 7.27. The molecule has 3 nitrogen and oxygen atoms in total. The lowest BCUT2D eigenvalue weighted by Crippen LogP contribution is -2.20. The van der Waals surface area contributed by atoms with Crippen LogP contribution in [0.2, 0.25) is 0 Å². The Morgan fingerprint density at radius 2 is 1.34 bits per heavy atom. The SMILES string of the molecule is CCC(C)c1ccc(OC(C)OCCOc2ccc(C(C)C)c(C(C)C)c2)cc1. The maximum Gasteiger partial charge on any atom is 0.197 e. The summed E-state index contributed by atoms with van der Waals surface area (Å²) in [6.07, 6.45) is 0.820. The molecule has 0 radical (unpaired) electrons. The molecule has 0 heterocycles. The minimum atomic E-state index is -0.317. The van der Waals surface area contributed by atoms with Crippen LogP contribution in [0.5, 0.6) is 11.5 Å². The third-order valence-electron chi connectivity index (χ3n) is 5.37. The molecule has 0 saturated heterocycles. The van der Waals surface area contributed by atoms with Crippen molar-refractivity contribution in [2.75, 3.05) is 13.2 Å². The smallest absolute Gasteiger partial charge is 0.197 e. The summed E-state index contributed by atoms with van der Waals surface area (Å²) in [7, 11) is 0. The van der Waals surface area contributed by atoms with E-state index in [0.29, 0.717) is 31.0 Å². The van der Waals surface area contributed by atoms with Crippen molar-refractivity contribution in [1.29, 1.82) is 0 Å². The van der Waals surface area contributed by atoms with Crippen molar-refractivity contribution < 1.29 is 14.2 Å². The molecule has 0 fully saturated rings. The van der Waals surface area contributed by atoms with Crippen LogP contribution in [0.3, 0.4) is 0 Å². The van der Waals surface area contributed by atoms with Crippen molar-refractivity contribution in [2.45, 2.75) is 78.9 Å². The van der Waals surface area contributed by atoms with E-state index in [2.05, 4.69) is 71.9 Å². The van der Waals surface area contributed by atoms with E-state index >= 15 is 0 Å². The average Bonchev–Trinajstić information content (AvgIpc) is 2.70. The van der Waals surface area contributed by atoms with Gasteiger partial charge in [0.1, 0.15) is 18.1 Å². The first-order valence-corrected chi connectivity index (χ1v) is 11.0. The van der Waals surface area contributed by atoms with Gasteiger partial charge in [-0.3, -0.25) is 0 Å². The lowest BCUT2D eigenvalue weighted by Gasteiger charge is -2.18. The van der Waals surface area contributed by atoms with Crippen LogP contribution >= 0.6 is 0 Å². The van der Waals surface area contributed by atoms with Crippen LogP contribution in [0.1, 0.15) is 89.3 Å². The summed E-state index contributed by atoms with van der Waals surface area (Å²) < 4.78 is 17.5. The van der Waals surface area contributed by atoms with Crippen LogP contribution in [0.4, 0.5) is 0 Å². The second-order valence-corrected chi connectivity index (χ2v) is 8.38. The van der Waals surface area contributed by atoms with Crippen LogP contribution < -0.4 is 9.47 Å². The molecule has 0 saturated carbocycles. The fraction of sp³-hybridized carbons (Fsp3) is 0.538. The van der Waals surface area contributed by atoms with Crippen LogP contribution in [0, 0.1) is 0 Å². The molecule has 29 heavy (non-hydrogen) atoms. The average molecular weight is 399 g/mol. The van der Waals surface area contributed by atoms with Crippen LogP contribution in [0.15, 0.2) is 42.5 Å². The van der Waals surface area contributed by atoms with Crippen molar-refractivity contribution in [3.63, 3.8) is 0 Å². The summed E-state index contributed by atoms with van der Waals surface area (Å²) in [6.45, 7) is 16.2. The summed E-state index contributed by atoms with van der Waals surface area (Å²) in [4.78, 5) is 0. The van der Waals surface area contributed by atoms with Crippen LogP contribution in [-0.4, -0.2) is 19.5 Å². The number of hydrogen-bond donors (Lipinski definition) is 0. The molecular weight excluding hydrogens is 360 g/mol. The van der Waals surface area contributed by atoms with E-state index in [1.807, 2.05) is 19.1 Å². The second kappa shape index (κ2) is 11.3. The monoisotopic (exact) mass is 398 g/mol. The van der Waals surface area contributed by atoms with E-state index < -0.39 is 0 Å². The molecule has 0 amide bonds. The summed E-state index contributed by atoms with van der Waals surface area (Å²) in [5.41, 5.74) is 4.09. The van der Waals surface area contributed by atoms with Crippen LogP contribution in [-0.2, 0) is 4.74 Å². The highest BCUT2D eigenvalue weighted by Crippen LogP contribution is 2.29. The van der Waals surface area contributed by atoms with Gasteiger partial charge in [-0.1, -0.05) is 59.7 Å². The van der Waals surface area contributed by atoms with Gasteiger partial charge in [0, 0.05) is 0 Å². The van der Waals surface area contributed by atoms with Crippen molar-refractivity contribution >= 4 is 0 Å². The summed E-state index contributed by atoms with van der Waals surface area (Å²) in [5.74, 6) is 3.29. The lowest BCUT2D eigenvalue weighted by molar-refractivity contribution is -0.0739. The first-order valence-electron chi connectivity index (χ1n) is 11.0. The molecule has 3 heteroatoms. The third-order valence-corrected chi connectivity index (χ3v) is 5.37. The highest BCUT2D eigenvalue weighted by atomic mass is 16.7.